The summed E-state index contributed by atoms with van der Waals surface area (Å²) in [6, 6.07) is 68.5. The van der Waals surface area contributed by atoms with Gasteiger partial charge in [-0.2, -0.15) is 0 Å². The molecule has 0 aliphatic heterocycles. The van der Waals surface area contributed by atoms with Gasteiger partial charge in [-0.05, 0) is 67.7 Å². The van der Waals surface area contributed by atoms with Crippen molar-refractivity contribution in [1.82, 2.24) is 19.9 Å². The Morgan fingerprint density at radius 3 is 1.47 bits per heavy atom. The van der Waals surface area contributed by atoms with Crippen LogP contribution in [0.15, 0.2) is 194 Å². The summed E-state index contributed by atoms with van der Waals surface area (Å²) in [5, 5.41) is 11.2. The maximum atomic E-state index is 5.55. The molecule has 0 saturated carbocycles. The third-order valence-corrected chi connectivity index (χ3v) is 12.7. The first-order chi connectivity index (χ1) is 29.2. The molecule has 4 nitrogen and oxygen atoms in total. The lowest BCUT2D eigenvalue weighted by atomic mass is 9.92. The smallest absolute Gasteiger partial charge is 0.164 e. The molecular formula is C54H32N4S. The van der Waals surface area contributed by atoms with Crippen molar-refractivity contribution in [3.8, 4) is 56.5 Å². The standard InChI is InChI=1S/C54H32N4S/c1-3-15-33(16-4-1)52-56-53(34-17-5-2-6-18-34)58-54(57-52)37-20-13-19-35(31-37)38-26-14-27-46-48(38)49-44-25-11-12-28-47(44)59-51(49)50(55-46)36-29-30-43-41-23-8-7-21-39(41)40-22-9-10-24-42(40)45(43)32-36/h1-32H. The van der Waals surface area contributed by atoms with Crippen LogP contribution >= 0.6 is 11.3 Å². The van der Waals surface area contributed by atoms with E-state index in [1.165, 1.54) is 52.5 Å². The average Bonchev–Trinajstić information content (AvgIpc) is 3.71. The number of hydrogen-bond acceptors (Lipinski definition) is 5. The van der Waals surface area contributed by atoms with Crippen molar-refractivity contribution in [1.29, 1.82) is 0 Å². The number of rotatable bonds is 5. The molecule has 0 N–H and O–H groups in total. The predicted molar refractivity (Wildman–Crippen MR) is 248 cm³/mol. The molecule has 5 heteroatoms. The van der Waals surface area contributed by atoms with E-state index in [1.54, 1.807) is 0 Å². The van der Waals surface area contributed by atoms with Crippen molar-refractivity contribution in [2.75, 3.05) is 0 Å². The Bertz CT molecular complexity index is 3520. The van der Waals surface area contributed by atoms with Gasteiger partial charge in [0.25, 0.3) is 0 Å². The molecule has 0 atom stereocenters. The minimum absolute atomic E-state index is 0.628. The van der Waals surface area contributed by atoms with E-state index in [0.29, 0.717) is 17.5 Å². The van der Waals surface area contributed by atoms with Gasteiger partial charge >= 0.3 is 0 Å². The summed E-state index contributed by atoms with van der Waals surface area (Å²) in [6.07, 6.45) is 0. The number of hydrogen-bond donors (Lipinski definition) is 0. The summed E-state index contributed by atoms with van der Waals surface area (Å²) < 4.78 is 2.43. The maximum Gasteiger partial charge on any atom is 0.164 e. The fourth-order valence-electron chi connectivity index (χ4n) is 8.78. The van der Waals surface area contributed by atoms with Gasteiger partial charge in [-0.1, -0.05) is 170 Å². The van der Waals surface area contributed by atoms with Crippen molar-refractivity contribution in [2.45, 2.75) is 0 Å². The van der Waals surface area contributed by atoms with Crippen LogP contribution in [-0.4, -0.2) is 19.9 Å². The summed E-state index contributed by atoms with van der Waals surface area (Å²) in [7, 11) is 0. The molecule has 9 aromatic carbocycles. The van der Waals surface area contributed by atoms with Gasteiger partial charge in [0.2, 0.25) is 0 Å². The topological polar surface area (TPSA) is 51.6 Å². The molecule has 0 aliphatic carbocycles. The Balaban J connectivity index is 1.07. The Labute approximate surface area is 343 Å². The summed E-state index contributed by atoms with van der Waals surface area (Å²) in [5.74, 6) is 1.91. The van der Waals surface area contributed by atoms with E-state index in [4.69, 9.17) is 19.9 Å². The summed E-state index contributed by atoms with van der Waals surface area (Å²) >= 11 is 1.82. The van der Waals surface area contributed by atoms with Gasteiger partial charge < -0.3 is 0 Å². The number of benzene rings is 9. The highest BCUT2D eigenvalue weighted by Gasteiger charge is 2.21. The van der Waals surface area contributed by atoms with Gasteiger partial charge in [0, 0.05) is 43.1 Å². The molecular weight excluding hydrogens is 737 g/mol. The van der Waals surface area contributed by atoms with Crippen molar-refractivity contribution < 1.29 is 0 Å². The largest absolute Gasteiger partial charge is 0.246 e. The lowest BCUT2D eigenvalue weighted by Crippen LogP contribution is -2.00. The fourth-order valence-corrected chi connectivity index (χ4v) is 10.0. The van der Waals surface area contributed by atoms with Crippen LogP contribution in [-0.2, 0) is 0 Å². The highest BCUT2D eigenvalue weighted by Crippen LogP contribution is 2.47. The van der Waals surface area contributed by atoms with Crippen molar-refractivity contribution >= 4 is 74.7 Å². The van der Waals surface area contributed by atoms with Crippen LogP contribution in [0.4, 0.5) is 0 Å². The van der Waals surface area contributed by atoms with Crippen molar-refractivity contribution in [3.63, 3.8) is 0 Å². The monoisotopic (exact) mass is 768 g/mol. The predicted octanol–water partition coefficient (Wildman–Crippen LogP) is 14.6. The second kappa shape index (κ2) is 13.5. The Morgan fingerprint density at radius 2 is 0.814 bits per heavy atom. The SMILES string of the molecule is c1ccc(-c2nc(-c3ccccc3)nc(-c3cccc(-c4cccc5nc(-c6ccc7c8ccccc8c8ccccc8c7c6)c6sc7ccccc7c6c45)c3)n2)cc1. The quantitative estimate of drug-likeness (QED) is 0.164. The maximum absolute atomic E-state index is 5.55. The second-order valence-corrected chi connectivity index (χ2v) is 16.0. The van der Waals surface area contributed by atoms with Gasteiger partial charge in [0.1, 0.15) is 0 Å². The summed E-state index contributed by atoms with van der Waals surface area (Å²) in [5.41, 5.74) is 8.08. The molecule has 3 aromatic heterocycles. The first-order valence-electron chi connectivity index (χ1n) is 19.8. The van der Waals surface area contributed by atoms with Crippen molar-refractivity contribution in [3.05, 3.63) is 194 Å². The normalized spacial score (nSPS) is 11.7. The van der Waals surface area contributed by atoms with Gasteiger partial charge in [0.05, 0.1) is 15.9 Å². The van der Waals surface area contributed by atoms with Gasteiger partial charge in [-0.15, -0.1) is 11.3 Å². The highest BCUT2D eigenvalue weighted by atomic mass is 32.1. The Kier molecular flexibility index (Phi) is 7.68. The lowest BCUT2D eigenvalue weighted by molar-refractivity contribution is 1.07. The van der Waals surface area contributed by atoms with Crippen LogP contribution in [0, 0.1) is 0 Å². The van der Waals surface area contributed by atoms with E-state index in [2.05, 4.69) is 133 Å². The molecule has 0 amide bonds. The Morgan fingerprint density at radius 1 is 0.305 bits per heavy atom. The van der Waals surface area contributed by atoms with Gasteiger partial charge in [0.15, 0.2) is 17.5 Å². The summed E-state index contributed by atoms with van der Waals surface area (Å²) in [6.45, 7) is 0. The molecule has 0 unspecified atom stereocenters. The van der Waals surface area contributed by atoms with Crippen molar-refractivity contribution in [2.24, 2.45) is 0 Å². The van der Waals surface area contributed by atoms with Crippen LogP contribution in [0.2, 0.25) is 0 Å². The molecule has 0 spiro atoms. The molecule has 12 rings (SSSR count). The molecule has 0 saturated heterocycles. The zero-order chi connectivity index (χ0) is 38.9. The second-order valence-electron chi connectivity index (χ2n) is 14.9. The highest BCUT2D eigenvalue weighted by molar-refractivity contribution is 7.26. The molecule has 0 fully saturated rings. The molecule has 0 bridgehead atoms. The number of aromatic nitrogens is 4. The number of nitrogens with zero attached hydrogens (tertiary/aromatic N) is 4. The van der Waals surface area contributed by atoms with E-state index < -0.39 is 0 Å². The minimum atomic E-state index is 0.628. The Hall–Kier alpha value is -7.60. The van der Waals surface area contributed by atoms with Crippen LogP contribution in [0.1, 0.15) is 0 Å². The zero-order valence-corrected chi connectivity index (χ0v) is 32.5. The average molecular weight is 769 g/mol. The molecule has 3 heterocycles. The summed E-state index contributed by atoms with van der Waals surface area (Å²) in [4.78, 5) is 20.6. The van der Waals surface area contributed by atoms with Crippen LogP contribution in [0.25, 0.3) is 120 Å². The van der Waals surface area contributed by atoms with E-state index in [0.717, 1.165) is 50.0 Å². The number of pyridine rings is 1. The molecule has 0 aliphatic rings. The van der Waals surface area contributed by atoms with E-state index >= 15 is 0 Å². The minimum Gasteiger partial charge on any atom is -0.246 e. The van der Waals surface area contributed by atoms with Crippen LogP contribution in [0.5, 0.6) is 0 Å². The molecule has 0 radical (unpaired) electrons. The molecule has 274 valence electrons. The third-order valence-electron chi connectivity index (χ3n) is 11.5. The zero-order valence-electron chi connectivity index (χ0n) is 31.7. The number of fused-ring (bicyclic) bond motifs is 11. The number of thiophene rings is 1. The third kappa shape index (κ3) is 5.51. The van der Waals surface area contributed by atoms with Crippen LogP contribution in [0.3, 0.4) is 0 Å². The van der Waals surface area contributed by atoms with Crippen LogP contribution < -0.4 is 0 Å². The van der Waals surface area contributed by atoms with E-state index in [9.17, 15) is 0 Å². The fraction of sp³-hybridized carbons (Fsp3) is 0. The van der Waals surface area contributed by atoms with E-state index in [1.807, 2.05) is 72.0 Å². The first-order valence-corrected chi connectivity index (χ1v) is 20.6. The molecule has 12 aromatic rings. The molecule has 59 heavy (non-hydrogen) atoms. The van der Waals surface area contributed by atoms with Gasteiger partial charge in [-0.3, -0.25) is 0 Å². The lowest BCUT2D eigenvalue weighted by Gasteiger charge is -2.14. The van der Waals surface area contributed by atoms with Gasteiger partial charge in [-0.25, -0.2) is 19.9 Å². The van der Waals surface area contributed by atoms with E-state index in [-0.39, 0.29) is 0 Å². The first kappa shape index (κ1) is 33.5.